The Balaban J connectivity index is 2.48. The van der Waals surface area contributed by atoms with E-state index in [0.29, 0.717) is 5.84 Å². The van der Waals surface area contributed by atoms with E-state index >= 15 is 0 Å². The van der Waals surface area contributed by atoms with E-state index < -0.39 is 5.91 Å². The third-order valence-electron chi connectivity index (χ3n) is 2.00. The largest absolute Gasteiger partial charge is 0.497 e. The van der Waals surface area contributed by atoms with Gasteiger partial charge in [-0.1, -0.05) is 18.2 Å². The van der Waals surface area contributed by atoms with Crippen LogP contribution in [-0.4, -0.2) is 28.1 Å². The van der Waals surface area contributed by atoms with Gasteiger partial charge in [0.2, 0.25) is 5.71 Å². The fourth-order valence-electron chi connectivity index (χ4n) is 1.29. The number of nitrogens with zero attached hydrogens (tertiary/aromatic N) is 4. The summed E-state index contributed by atoms with van der Waals surface area (Å²) in [6.07, 6.45) is 0. The number of benzene rings is 1. The molecule has 0 radical (unpaired) electrons. The van der Waals surface area contributed by atoms with Crippen LogP contribution in [0.1, 0.15) is 5.56 Å². The van der Waals surface area contributed by atoms with Crippen LogP contribution in [0.5, 0.6) is 0 Å². The molecule has 0 fully saturated rings. The lowest BCUT2D eigenvalue weighted by atomic mass is 10.2. The molecule has 1 aromatic carbocycles. The van der Waals surface area contributed by atoms with Gasteiger partial charge in [-0.3, -0.25) is 4.79 Å². The monoisotopic (exact) mass is 213 g/mol. The van der Waals surface area contributed by atoms with Crippen molar-refractivity contribution in [1.29, 1.82) is 0 Å². The minimum atomic E-state index is -0.775. The highest BCUT2D eigenvalue weighted by atomic mass is 16.1. The fourth-order valence-corrected chi connectivity index (χ4v) is 1.29. The van der Waals surface area contributed by atoms with Gasteiger partial charge < -0.3 is 16.1 Å². The van der Waals surface area contributed by atoms with Crippen molar-refractivity contribution in [3.8, 4) is 0 Å². The van der Waals surface area contributed by atoms with Crippen LogP contribution in [0.3, 0.4) is 0 Å². The molecule has 0 aromatic heterocycles. The minimum Gasteiger partial charge on any atom is -0.497 e. The van der Waals surface area contributed by atoms with Gasteiger partial charge in [0.05, 0.1) is 0 Å². The zero-order valence-electron chi connectivity index (χ0n) is 8.16. The summed E-state index contributed by atoms with van der Waals surface area (Å²) in [4.78, 5) is 21.6. The molecule has 1 aliphatic heterocycles. The zero-order valence-corrected chi connectivity index (χ0v) is 8.16. The lowest BCUT2D eigenvalue weighted by molar-refractivity contribution is -0.111. The number of amidine groups is 2. The normalized spacial score (nSPS) is 14.1. The standard InChI is InChI=1S/C10H7N5O/c11-8(16)7-10(15-12)14-9(13-7)6-4-2-1-3-5-6/h1-5H,(H2,11,16). The highest BCUT2D eigenvalue weighted by Crippen LogP contribution is 2.08. The van der Waals surface area contributed by atoms with Gasteiger partial charge in [-0.15, -0.1) is 0 Å². The lowest BCUT2D eigenvalue weighted by Gasteiger charge is -1.89. The molecule has 16 heavy (non-hydrogen) atoms. The Morgan fingerprint density at radius 2 is 1.94 bits per heavy atom. The number of carbonyl (C=O) groups excluding carboxylic acids is 1. The van der Waals surface area contributed by atoms with E-state index in [2.05, 4.69) is 14.8 Å². The second-order valence-electron chi connectivity index (χ2n) is 3.05. The van der Waals surface area contributed by atoms with Gasteiger partial charge in [0.25, 0.3) is 11.7 Å². The smallest absolute Gasteiger partial charge is 0.435 e. The van der Waals surface area contributed by atoms with E-state index in [1.54, 1.807) is 12.1 Å². The molecular formula is C10H7N5O. The summed E-state index contributed by atoms with van der Waals surface area (Å²) in [7, 11) is 0. The molecule has 0 bridgehead atoms. The molecule has 1 heterocycles. The highest BCUT2D eigenvalue weighted by Gasteiger charge is 2.32. The first-order valence-electron chi connectivity index (χ1n) is 4.47. The molecule has 0 spiro atoms. The molecule has 0 unspecified atom stereocenters. The van der Waals surface area contributed by atoms with Crippen molar-refractivity contribution in [2.75, 3.05) is 0 Å². The fraction of sp³-hybridized carbons (Fsp3) is 0. The third-order valence-corrected chi connectivity index (χ3v) is 2.00. The molecule has 6 heteroatoms. The first kappa shape index (κ1) is 9.95. The second-order valence-corrected chi connectivity index (χ2v) is 3.05. The molecule has 1 aliphatic rings. The maximum atomic E-state index is 11.0. The van der Waals surface area contributed by atoms with Gasteiger partial charge in [-0.2, -0.15) is 4.99 Å². The number of hydrogen-bond donors (Lipinski definition) is 1. The zero-order chi connectivity index (χ0) is 11.5. The number of carbonyl (C=O) groups is 1. The van der Waals surface area contributed by atoms with Gasteiger partial charge in [-0.25, -0.2) is 0 Å². The van der Waals surface area contributed by atoms with Crippen LogP contribution in [0.25, 0.3) is 5.53 Å². The van der Waals surface area contributed by atoms with Gasteiger partial charge in [-0.05, 0) is 17.1 Å². The van der Waals surface area contributed by atoms with E-state index in [1.807, 2.05) is 18.2 Å². The SMILES string of the molecule is [N-]=[N+]=C1N=C(c2ccccc2)N=C1C(N)=O. The van der Waals surface area contributed by atoms with Crippen LogP contribution in [0.15, 0.2) is 40.3 Å². The van der Waals surface area contributed by atoms with Gasteiger partial charge in [0.15, 0.2) is 0 Å². The molecule has 2 N–H and O–H groups in total. The highest BCUT2D eigenvalue weighted by molar-refractivity contribution is 6.68. The molecule has 0 atom stereocenters. The van der Waals surface area contributed by atoms with Crippen LogP contribution >= 0.6 is 0 Å². The molecule has 6 nitrogen and oxygen atoms in total. The van der Waals surface area contributed by atoms with Crippen LogP contribution in [0, 0.1) is 0 Å². The number of aliphatic imine (C=N–C) groups is 2. The third kappa shape index (κ3) is 1.65. The summed E-state index contributed by atoms with van der Waals surface area (Å²) in [5, 5.41) is 0. The van der Waals surface area contributed by atoms with E-state index in [9.17, 15) is 4.79 Å². The number of rotatable bonds is 2. The number of nitrogens with two attached hydrogens (primary N) is 1. The predicted octanol–water partition coefficient (Wildman–Crippen LogP) is 0.00140. The van der Waals surface area contributed by atoms with E-state index in [-0.39, 0.29) is 11.5 Å². The molecule has 0 saturated carbocycles. The van der Waals surface area contributed by atoms with Crippen LogP contribution < -0.4 is 5.73 Å². The molecule has 0 aliphatic carbocycles. The van der Waals surface area contributed by atoms with Crippen molar-refractivity contribution in [3.05, 3.63) is 41.4 Å². The Kier molecular flexibility index (Phi) is 2.41. The van der Waals surface area contributed by atoms with Crippen molar-refractivity contribution >= 4 is 23.3 Å². The molecule has 2 rings (SSSR count). The molecule has 78 valence electrons. The average Bonchev–Trinajstić information content (AvgIpc) is 2.74. The summed E-state index contributed by atoms with van der Waals surface area (Å²) >= 11 is 0. The summed E-state index contributed by atoms with van der Waals surface area (Å²) < 4.78 is 0. The number of primary amides is 1. The van der Waals surface area contributed by atoms with Crippen molar-refractivity contribution < 1.29 is 9.58 Å². The van der Waals surface area contributed by atoms with E-state index in [0.717, 1.165) is 5.56 Å². The number of hydrogen-bond acceptors (Lipinski definition) is 2. The first-order chi connectivity index (χ1) is 7.72. The van der Waals surface area contributed by atoms with Crippen LogP contribution in [-0.2, 0) is 4.79 Å². The Labute approximate surface area is 90.8 Å². The van der Waals surface area contributed by atoms with E-state index in [1.165, 1.54) is 0 Å². The molecule has 1 amide bonds. The van der Waals surface area contributed by atoms with Crippen molar-refractivity contribution in [2.24, 2.45) is 15.7 Å². The minimum absolute atomic E-state index is 0.138. The Morgan fingerprint density at radius 1 is 1.25 bits per heavy atom. The van der Waals surface area contributed by atoms with Crippen molar-refractivity contribution in [1.82, 2.24) is 0 Å². The van der Waals surface area contributed by atoms with E-state index in [4.69, 9.17) is 11.3 Å². The predicted molar refractivity (Wildman–Crippen MR) is 58.2 cm³/mol. The van der Waals surface area contributed by atoms with Gasteiger partial charge in [0, 0.05) is 5.56 Å². The van der Waals surface area contributed by atoms with Crippen molar-refractivity contribution in [2.45, 2.75) is 0 Å². The van der Waals surface area contributed by atoms with Crippen molar-refractivity contribution in [3.63, 3.8) is 0 Å². The average molecular weight is 213 g/mol. The summed E-state index contributed by atoms with van der Waals surface area (Å²) in [5.74, 6) is -0.629. The molecule has 1 aromatic rings. The number of amides is 1. The first-order valence-corrected chi connectivity index (χ1v) is 4.47. The quantitative estimate of drug-likeness (QED) is 0.542. The Bertz CT molecular complexity index is 552. The second kappa shape index (κ2) is 3.88. The Morgan fingerprint density at radius 3 is 2.44 bits per heavy atom. The van der Waals surface area contributed by atoms with Gasteiger partial charge >= 0.3 is 5.84 Å². The lowest BCUT2D eigenvalue weighted by Crippen LogP contribution is -2.28. The maximum absolute atomic E-state index is 11.0. The summed E-state index contributed by atoms with van der Waals surface area (Å²) in [6.45, 7) is 0. The maximum Gasteiger partial charge on any atom is 0.435 e. The molecule has 0 saturated heterocycles. The van der Waals surface area contributed by atoms with Crippen LogP contribution in [0.4, 0.5) is 0 Å². The van der Waals surface area contributed by atoms with Crippen LogP contribution in [0.2, 0.25) is 0 Å². The summed E-state index contributed by atoms with van der Waals surface area (Å²) in [5.41, 5.74) is 14.3. The topological polar surface area (TPSA) is 104 Å². The van der Waals surface area contributed by atoms with Gasteiger partial charge in [0.1, 0.15) is 0 Å². The Hall–Kier alpha value is -2.59. The summed E-state index contributed by atoms with van der Waals surface area (Å²) in [6, 6.07) is 9.03. The molecular weight excluding hydrogens is 206 g/mol.